The van der Waals surface area contributed by atoms with E-state index in [-0.39, 0.29) is 47.4 Å². The zero-order valence-electron chi connectivity index (χ0n) is 49.4. The molecule has 5 aliphatic rings. The molecular weight excluding hydrogens is 1020 g/mol. The Morgan fingerprint density at radius 2 is 1.37 bits per heavy atom. The second-order valence-corrected chi connectivity index (χ2v) is 23.9. The second-order valence-electron chi connectivity index (χ2n) is 23.9. The summed E-state index contributed by atoms with van der Waals surface area (Å²) >= 11 is 0. The molecule has 5 aromatic carbocycles. The minimum atomic E-state index is -0.265. The second kappa shape index (κ2) is 25.6. The number of hydrogen-bond donors (Lipinski definition) is 2. The molecule has 0 aromatic heterocycles. The maximum absolute atomic E-state index is 14.8. The quantitative estimate of drug-likeness (QED) is 0.0406. The van der Waals surface area contributed by atoms with Crippen LogP contribution >= 0.6 is 0 Å². The van der Waals surface area contributed by atoms with Gasteiger partial charge < -0.3 is 39.5 Å². The fourth-order valence-corrected chi connectivity index (χ4v) is 13.7. The number of amides is 4. The predicted octanol–water partition coefficient (Wildman–Crippen LogP) is 7.93. The van der Waals surface area contributed by atoms with E-state index in [0.29, 0.717) is 90.1 Å². The average Bonchev–Trinajstić information content (AvgIpc) is 0.853. The van der Waals surface area contributed by atoms with Crippen molar-refractivity contribution in [3.63, 3.8) is 0 Å². The topological polar surface area (TPSA) is 133 Å². The Hall–Kier alpha value is -7.11. The first kappa shape index (κ1) is 58.1. The number of aryl methyl sites for hydroxylation is 1. The van der Waals surface area contributed by atoms with Crippen LogP contribution in [0, 0.1) is 11.8 Å². The van der Waals surface area contributed by atoms with Crippen LogP contribution in [-0.2, 0) is 53.4 Å². The van der Waals surface area contributed by atoms with Crippen molar-refractivity contribution in [1.29, 1.82) is 0 Å². The number of para-hydroxylation sites is 1. The number of rotatable bonds is 22. The van der Waals surface area contributed by atoms with Crippen molar-refractivity contribution >= 4 is 40.6 Å². The van der Waals surface area contributed by atoms with E-state index in [9.17, 15) is 19.2 Å². The number of fused-ring (bicyclic) bond motifs is 6. The molecule has 1 aliphatic carbocycles. The zero-order valence-corrected chi connectivity index (χ0v) is 49.4. The third kappa shape index (κ3) is 12.3. The molecule has 4 amide bonds. The van der Waals surface area contributed by atoms with Gasteiger partial charge in [0.05, 0.1) is 51.9 Å². The number of carbonyl (C=O) groups excluding carboxylic acids is 4. The molecule has 10 rings (SSSR count). The van der Waals surface area contributed by atoms with Gasteiger partial charge in [0.25, 0.3) is 5.91 Å². The van der Waals surface area contributed by atoms with Crippen molar-refractivity contribution in [3.8, 4) is 11.8 Å². The lowest BCUT2D eigenvalue weighted by atomic mass is 9.64. The average molecular weight is 1110 g/mol. The van der Waals surface area contributed by atoms with Crippen LogP contribution in [0.5, 0.6) is 0 Å². The maximum atomic E-state index is 14.8. The van der Waals surface area contributed by atoms with Crippen LogP contribution in [-0.4, -0.2) is 120 Å². The third-order valence-electron chi connectivity index (χ3n) is 17.5. The minimum absolute atomic E-state index is 0.0353. The Labute approximate surface area is 485 Å². The maximum Gasteiger partial charge on any atom is 0.254 e. The summed E-state index contributed by atoms with van der Waals surface area (Å²) < 4.78 is 19.6. The van der Waals surface area contributed by atoms with E-state index in [1.165, 1.54) is 55.2 Å². The molecule has 4 aliphatic heterocycles. The number of hydrogen-bond acceptors (Lipinski definition) is 8. The van der Waals surface area contributed by atoms with Crippen molar-refractivity contribution < 1.29 is 33.4 Å². The van der Waals surface area contributed by atoms with Crippen molar-refractivity contribution in [2.24, 2.45) is 0 Å². The fourth-order valence-electron chi connectivity index (χ4n) is 13.7. The molecule has 0 saturated heterocycles. The van der Waals surface area contributed by atoms with Gasteiger partial charge in [0.1, 0.15) is 13.1 Å². The van der Waals surface area contributed by atoms with Gasteiger partial charge in [-0.25, -0.2) is 4.58 Å². The summed E-state index contributed by atoms with van der Waals surface area (Å²) in [6, 6.07) is 31.2. The van der Waals surface area contributed by atoms with Gasteiger partial charge in [-0.05, 0) is 139 Å². The van der Waals surface area contributed by atoms with Gasteiger partial charge in [0, 0.05) is 110 Å². The summed E-state index contributed by atoms with van der Waals surface area (Å²) in [5, 5.41) is 8.54. The molecule has 4 heterocycles. The number of nitrogens with one attached hydrogen (secondary N) is 2. The normalized spacial score (nSPS) is 16.8. The van der Waals surface area contributed by atoms with Crippen LogP contribution in [0.25, 0.3) is 5.57 Å². The molecule has 430 valence electrons. The lowest BCUT2D eigenvalue weighted by Crippen LogP contribution is -2.50. The highest BCUT2D eigenvalue weighted by Gasteiger charge is 2.43. The molecule has 0 spiro atoms. The van der Waals surface area contributed by atoms with Crippen molar-refractivity contribution in [1.82, 2.24) is 20.1 Å². The Bertz CT molecular complexity index is 3440. The number of benzene rings is 5. The Morgan fingerprint density at radius 1 is 0.720 bits per heavy atom. The van der Waals surface area contributed by atoms with Crippen LogP contribution in [0.1, 0.15) is 158 Å². The first-order valence-electron chi connectivity index (χ1n) is 30.0. The lowest BCUT2D eigenvalue weighted by molar-refractivity contribution is -0.125. The van der Waals surface area contributed by atoms with Gasteiger partial charge in [-0.1, -0.05) is 81.1 Å². The molecule has 13 nitrogen and oxygen atoms in total. The van der Waals surface area contributed by atoms with Crippen LogP contribution in [0.4, 0.5) is 11.4 Å². The van der Waals surface area contributed by atoms with E-state index in [0.717, 1.165) is 79.7 Å². The van der Waals surface area contributed by atoms with Crippen LogP contribution in [0.2, 0.25) is 0 Å². The van der Waals surface area contributed by atoms with Crippen LogP contribution < -0.4 is 35.6 Å². The lowest BCUT2D eigenvalue weighted by Gasteiger charge is -2.48. The number of anilines is 2. The number of nitrogens with zero attached hydrogens (tertiary/aromatic N) is 4. The Kier molecular flexibility index (Phi) is 18.1. The molecule has 13 heteroatoms. The molecular formula is C69H83N6O7+. The van der Waals surface area contributed by atoms with Crippen molar-refractivity contribution in [3.05, 3.63) is 163 Å². The molecule has 0 radical (unpaired) electrons. The van der Waals surface area contributed by atoms with E-state index >= 15 is 0 Å². The predicted molar refractivity (Wildman–Crippen MR) is 324 cm³/mol. The van der Waals surface area contributed by atoms with E-state index < -0.39 is 0 Å². The van der Waals surface area contributed by atoms with E-state index in [2.05, 4.69) is 104 Å². The number of ether oxygens (including phenoxy) is 3. The minimum Gasteiger partial charge on any atom is -0.377 e. The zero-order chi connectivity index (χ0) is 57.5. The van der Waals surface area contributed by atoms with Crippen molar-refractivity contribution in [2.45, 2.75) is 123 Å². The first-order valence-corrected chi connectivity index (χ1v) is 30.0. The van der Waals surface area contributed by atoms with Gasteiger partial charge in [0.15, 0.2) is 0 Å². The Balaban J connectivity index is 0.662. The fraction of sp³-hybridized carbons (Fsp3) is 0.464. The van der Waals surface area contributed by atoms with Crippen molar-refractivity contribution in [2.75, 3.05) is 95.8 Å². The molecule has 0 saturated carbocycles. The van der Waals surface area contributed by atoms with Gasteiger partial charge in [-0.3, -0.25) is 19.2 Å². The smallest absolute Gasteiger partial charge is 0.254 e. The van der Waals surface area contributed by atoms with Gasteiger partial charge in [-0.15, -0.1) is 0 Å². The molecule has 5 aromatic rings. The van der Waals surface area contributed by atoms with Crippen LogP contribution in [0.15, 0.2) is 91.0 Å². The summed E-state index contributed by atoms with van der Waals surface area (Å²) in [6.07, 6.45) is 6.45. The standard InChI is InChI=1S/C69H82N6O7/c1-8-75-60-44-58-56(43-55(60)47(2)45-68(75,3)4)64(57-42-50-21-15-34-73-35-16-24-54(66(50)73)65(57)69(58,5)6)52-22-12-13-23-53(52)67(79)72(7)33-17-26-61(76)70-31-36-80-38-40-82-41-39-81-37-32-71-62(77)29-30-63(78)74-46-51-20-10-9-18-48(51)27-28-49-19-11-14-25-59(49)74/h9-14,18-20,22-23,25,42-44,47H,8,15-17,21,24,26,29-41,45-46H2,1-7H3,(H-,70,71,76,77)/p+1. The summed E-state index contributed by atoms with van der Waals surface area (Å²) in [4.78, 5) is 59.9. The molecule has 0 fully saturated rings. The van der Waals surface area contributed by atoms with E-state index in [1.54, 1.807) is 9.80 Å². The molecule has 1 atom stereocenters. The first-order chi connectivity index (χ1) is 39.7. The SMILES string of the molecule is CCN1c2cc3c(cc2C(C)CC1(C)C)C(c1ccccc1C(=O)N(C)CCCC(=O)NCCOCCOCCOCCNC(=O)CCC(=O)N1Cc2ccccc2C#Cc2ccccc21)=c1cc2c4c(c1C3(C)C)CCC[N+]=4CCC2. The highest BCUT2D eigenvalue weighted by Crippen LogP contribution is 2.50. The molecule has 0 bridgehead atoms. The monoisotopic (exact) mass is 1110 g/mol. The summed E-state index contributed by atoms with van der Waals surface area (Å²) in [5.74, 6) is 6.33. The highest BCUT2D eigenvalue weighted by molar-refractivity contribution is 6.02. The summed E-state index contributed by atoms with van der Waals surface area (Å²) in [7, 11) is 1.85. The van der Waals surface area contributed by atoms with Gasteiger partial charge in [-0.2, -0.15) is 0 Å². The van der Waals surface area contributed by atoms with Gasteiger partial charge in [0.2, 0.25) is 23.1 Å². The molecule has 1 unspecified atom stereocenters. The largest absolute Gasteiger partial charge is 0.377 e. The van der Waals surface area contributed by atoms with E-state index in [4.69, 9.17) is 14.2 Å². The summed E-state index contributed by atoms with van der Waals surface area (Å²) in [6.45, 7) is 21.1. The van der Waals surface area contributed by atoms with E-state index in [1.807, 2.05) is 67.7 Å². The summed E-state index contributed by atoms with van der Waals surface area (Å²) in [5.41, 5.74) is 15.6. The Morgan fingerprint density at radius 3 is 2.11 bits per heavy atom. The molecule has 82 heavy (non-hydrogen) atoms. The highest BCUT2D eigenvalue weighted by atomic mass is 16.5. The number of carbonyl (C=O) groups is 4. The van der Waals surface area contributed by atoms with Crippen LogP contribution in [0.3, 0.4) is 0 Å². The third-order valence-corrected chi connectivity index (χ3v) is 17.5. The molecule has 2 N–H and O–H groups in total. The van der Waals surface area contributed by atoms with Gasteiger partial charge >= 0.3 is 0 Å².